The molecule has 0 fully saturated rings. The van der Waals surface area contributed by atoms with Gasteiger partial charge in [-0.25, -0.2) is 0 Å². The average Bonchev–Trinajstić information content (AvgIpc) is 2.62. The number of aromatic nitrogens is 2. The summed E-state index contributed by atoms with van der Waals surface area (Å²) in [5.41, 5.74) is 5.09. The first-order valence-electron chi connectivity index (χ1n) is 5.19. The van der Waals surface area contributed by atoms with Gasteiger partial charge in [-0.3, -0.25) is 10.1 Å². The van der Waals surface area contributed by atoms with Gasteiger partial charge in [0.2, 0.25) is 11.8 Å². The number of halogens is 3. The van der Waals surface area contributed by atoms with Crippen LogP contribution in [0.5, 0.6) is 0 Å². The first-order valence-corrected chi connectivity index (χ1v) is 5.19. The Morgan fingerprint density at radius 2 is 2.17 bits per heavy atom. The Bertz CT molecular complexity index is 405. The third kappa shape index (κ3) is 4.32. The van der Waals surface area contributed by atoms with Crippen molar-refractivity contribution in [2.45, 2.75) is 25.9 Å². The van der Waals surface area contributed by atoms with Gasteiger partial charge >= 0.3 is 12.2 Å². The molecule has 1 amide bonds. The minimum Gasteiger partial charge on any atom is -0.408 e. The Morgan fingerprint density at radius 1 is 1.50 bits per heavy atom. The van der Waals surface area contributed by atoms with E-state index in [1.165, 1.54) is 6.92 Å². The molecule has 1 heterocycles. The van der Waals surface area contributed by atoms with Gasteiger partial charge in [0.05, 0.1) is 5.92 Å². The number of carbonyl (C=O) groups excluding carboxylic acids is 1. The van der Waals surface area contributed by atoms with Crippen molar-refractivity contribution in [2.24, 2.45) is 11.7 Å². The van der Waals surface area contributed by atoms with E-state index in [4.69, 9.17) is 10.2 Å². The van der Waals surface area contributed by atoms with Crippen molar-refractivity contribution < 1.29 is 22.4 Å². The van der Waals surface area contributed by atoms with E-state index in [2.05, 4.69) is 15.5 Å². The van der Waals surface area contributed by atoms with Crippen LogP contribution >= 0.6 is 0 Å². The Balaban J connectivity index is 2.56. The normalized spacial score (nSPS) is 13.4. The summed E-state index contributed by atoms with van der Waals surface area (Å²) in [4.78, 5) is 11.4. The smallest absolute Gasteiger partial charge is 0.392 e. The highest BCUT2D eigenvalue weighted by Crippen LogP contribution is 2.31. The lowest BCUT2D eigenvalue weighted by atomic mass is 10.0. The molecule has 1 rings (SSSR count). The first kappa shape index (κ1) is 14.4. The summed E-state index contributed by atoms with van der Waals surface area (Å²) in [5.74, 6) is -2.40. The maximum atomic E-state index is 12.5. The van der Waals surface area contributed by atoms with Gasteiger partial charge in [-0.1, -0.05) is 5.10 Å². The monoisotopic (exact) mass is 266 g/mol. The van der Waals surface area contributed by atoms with Gasteiger partial charge in [-0.05, 0) is 13.0 Å². The zero-order valence-electron chi connectivity index (χ0n) is 9.62. The fraction of sp³-hybridized carbons (Fsp3) is 0.667. The van der Waals surface area contributed by atoms with Crippen molar-refractivity contribution in [3.8, 4) is 0 Å². The fourth-order valence-electron chi connectivity index (χ4n) is 1.32. The van der Waals surface area contributed by atoms with Crippen LogP contribution in [0.2, 0.25) is 0 Å². The third-order valence-corrected chi connectivity index (χ3v) is 2.18. The summed E-state index contributed by atoms with van der Waals surface area (Å²) >= 11 is 0. The molecule has 1 aromatic rings. The number of anilines is 1. The van der Waals surface area contributed by atoms with Crippen LogP contribution in [0.15, 0.2) is 4.42 Å². The molecule has 0 aromatic carbocycles. The van der Waals surface area contributed by atoms with E-state index in [0.717, 1.165) is 0 Å². The average molecular weight is 266 g/mol. The van der Waals surface area contributed by atoms with Crippen molar-refractivity contribution in [1.82, 2.24) is 10.2 Å². The number of nitrogens with zero attached hydrogens (tertiary/aromatic N) is 2. The topological polar surface area (TPSA) is 94.0 Å². The number of carbonyl (C=O) groups is 1. The number of alkyl halides is 3. The summed E-state index contributed by atoms with van der Waals surface area (Å²) in [6, 6.07) is -0.217. The number of nitrogens with one attached hydrogen (secondary N) is 1. The second-order valence-electron chi connectivity index (χ2n) is 3.69. The van der Waals surface area contributed by atoms with Gasteiger partial charge < -0.3 is 10.2 Å². The molecular formula is C9H13F3N4O2. The van der Waals surface area contributed by atoms with E-state index in [-0.39, 0.29) is 24.9 Å². The number of hydrogen-bond donors (Lipinski definition) is 2. The lowest BCUT2D eigenvalue weighted by molar-refractivity contribution is -0.179. The molecule has 0 spiro atoms. The number of rotatable bonds is 5. The molecule has 0 bridgehead atoms. The molecule has 1 aromatic heterocycles. The molecule has 1 atom stereocenters. The third-order valence-electron chi connectivity index (χ3n) is 2.18. The van der Waals surface area contributed by atoms with Crippen molar-refractivity contribution in [2.75, 3.05) is 11.9 Å². The predicted molar refractivity (Wildman–Crippen MR) is 55.5 cm³/mol. The quantitative estimate of drug-likeness (QED) is 0.836. The highest BCUT2D eigenvalue weighted by atomic mass is 19.4. The van der Waals surface area contributed by atoms with E-state index in [1.807, 2.05) is 0 Å². The van der Waals surface area contributed by atoms with Crippen molar-refractivity contribution >= 4 is 11.9 Å². The van der Waals surface area contributed by atoms with E-state index in [0.29, 0.717) is 0 Å². The molecule has 0 aliphatic heterocycles. The van der Waals surface area contributed by atoms with Gasteiger partial charge in [0.25, 0.3) is 0 Å². The van der Waals surface area contributed by atoms with Crippen LogP contribution in [0.3, 0.4) is 0 Å². The molecule has 0 aliphatic rings. The maximum absolute atomic E-state index is 12.5. The molecule has 0 saturated carbocycles. The van der Waals surface area contributed by atoms with Gasteiger partial charge in [0.1, 0.15) is 0 Å². The number of aryl methyl sites for hydroxylation is 1. The van der Waals surface area contributed by atoms with Gasteiger partial charge in [-0.2, -0.15) is 13.2 Å². The zero-order valence-corrected chi connectivity index (χ0v) is 9.62. The molecule has 18 heavy (non-hydrogen) atoms. The summed E-state index contributed by atoms with van der Waals surface area (Å²) in [6.07, 6.45) is -5.48. The van der Waals surface area contributed by atoms with Crippen molar-refractivity contribution in [3.63, 3.8) is 0 Å². The van der Waals surface area contributed by atoms with Gasteiger partial charge in [0.15, 0.2) is 0 Å². The lowest BCUT2D eigenvalue weighted by Gasteiger charge is -2.18. The van der Waals surface area contributed by atoms with E-state index < -0.39 is 24.4 Å². The Morgan fingerprint density at radius 3 is 2.61 bits per heavy atom. The number of hydrogen-bond acceptors (Lipinski definition) is 5. The molecule has 0 saturated heterocycles. The summed E-state index contributed by atoms with van der Waals surface area (Å²) in [5, 5.41) is 8.98. The highest BCUT2D eigenvalue weighted by molar-refractivity contribution is 5.88. The molecule has 0 radical (unpaired) electrons. The predicted octanol–water partition coefficient (Wildman–Crippen LogP) is 1.23. The Labute approximate surface area is 101 Å². The first-order chi connectivity index (χ1) is 8.32. The zero-order chi connectivity index (χ0) is 13.8. The SMILES string of the molecule is Cc1nnc(NC(=O)CC(CCN)C(F)(F)F)o1. The minimum atomic E-state index is -4.46. The maximum Gasteiger partial charge on any atom is 0.392 e. The van der Waals surface area contributed by atoms with Crippen LogP contribution in [-0.2, 0) is 4.79 Å². The van der Waals surface area contributed by atoms with Crippen LogP contribution in [0.4, 0.5) is 19.2 Å². The second kappa shape index (κ2) is 5.80. The molecule has 6 nitrogen and oxygen atoms in total. The molecule has 3 N–H and O–H groups in total. The lowest BCUT2D eigenvalue weighted by Crippen LogP contribution is -2.30. The largest absolute Gasteiger partial charge is 0.408 e. The van der Waals surface area contributed by atoms with Crippen LogP contribution in [0.25, 0.3) is 0 Å². The molecule has 9 heteroatoms. The molecule has 0 aliphatic carbocycles. The van der Waals surface area contributed by atoms with Crippen molar-refractivity contribution in [1.29, 1.82) is 0 Å². The van der Waals surface area contributed by atoms with Crippen LogP contribution in [0.1, 0.15) is 18.7 Å². The van der Waals surface area contributed by atoms with E-state index in [1.54, 1.807) is 0 Å². The Kier molecular flexibility index (Phi) is 4.65. The van der Waals surface area contributed by atoms with Crippen molar-refractivity contribution in [3.05, 3.63) is 5.89 Å². The van der Waals surface area contributed by atoms with E-state index in [9.17, 15) is 18.0 Å². The van der Waals surface area contributed by atoms with E-state index >= 15 is 0 Å². The van der Waals surface area contributed by atoms with Gasteiger partial charge in [-0.15, -0.1) is 5.10 Å². The van der Waals surface area contributed by atoms with Crippen LogP contribution in [-0.4, -0.2) is 28.8 Å². The van der Waals surface area contributed by atoms with Gasteiger partial charge in [0, 0.05) is 13.3 Å². The summed E-state index contributed by atoms with van der Waals surface area (Å²) in [6.45, 7) is 1.35. The Hall–Kier alpha value is -1.64. The second-order valence-corrected chi connectivity index (χ2v) is 3.69. The summed E-state index contributed by atoms with van der Waals surface area (Å²) < 4.78 is 42.4. The highest BCUT2D eigenvalue weighted by Gasteiger charge is 2.40. The summed E-state index contributed by atoms with van der Waals surface area (Å²) in [7, 11) is 0. The molecule has 102 valence electrons. The van der Waals surface area contributed by atoms with Crippen LogP contribution < -0.4 is 11.1 Å². The number of amides is 1. The van der Waals surface area contributed by atoms with Crippen LogP contribution in [0, 0.1) is 12.8 Å². The minimum absolute atomic E-state index is 0.142. The molecular weight excluding hydrogens is 253 g/mol. The number of nitrogens with two attached hydrogens (primary N) is 1. The standard InChI is InChI=1S/C9H13F3N4O2/c1-5-15-16-8(18-5)14-7(17)4-6(2-3-13)9(10,11)12/h6H,2-4,13H2,1H3,(H,14,16,17). The molecule has 1 unspecified atom stereocenters. The fourth-order valence-corrected chi connectivity index (χ4v) is 1.32.